The second kappa shape index (κ2) is 9.80. The van der Waals surface area contributed by atoms with Gasteiger partial charge in [0.2, 0.25) is 5.91 Å². The highest BCUT2D eigenvalue weighted by atomic mass is 16.5. The van der Waals surface area contributed by atoms with E-state index in [1.807, 2.05) is 13.0 Å². The number of hydrogen-bond acceptors (Lipinski definition) is 6. The van der Waals surface area contributed by atoms with Gasteiger partial charge in [0.25, 0.3) is 5.91 Å². The SMILES string of the molecule is CCOC(=O)CC1=CC(=O)N(CC(=O)Nc2cc(C)ccc2OC)c2ccccc2N1. The van der Waals surface area contributed by atoms with Gasteiger partial charge in [-0.05, 0) is 43.7 Å². The van der Waals surface area contributed by atoms with E-state index in [1.165, 1.54) is 18.1 Å². The number of fused-ring (bicyclic) bond motifs is 1. The minimum Gasteiger partial charge on any atom is -0.495 e. The number of methoxy groups -OCH3 is 1. The maximum Gasteiger partial charge on any atom is 0.311 e. The largest absolute Gasteiger partial charge is 0.495 e. The zero-order chi connectivity index (χ0) is 22.4. The van der Waals surface area contributed by atoms with Gasteiger partial charge in [0.05, 0.1) is 37.2 Å². The zero-order valence-corrected chi connectivity index (χ0v) is 17.7. The van der Waals surface area contributed by atoms with Crippen molar-refractivity contribution >= 4 is 34.8 Å². The molecule has 2 N–H and O–H groups in total. The highest BCUT2D eigenvalue weighted by Crippen LogP contribution is 2.31. The van der Waals surface area contributed by atoms with Gasteiger partial charge in [0.1, 0.15) is 12.3 Å². The van der Waals surface area contributed by atoms with Crippen LogP contribution in [0.3, 0.4) is 0 Å². The van der Waals surface area contributed by atoms with E-state index in [0.29, 0.717) is 28.5 Å². The van der Waals surface area contributed by atoms with Crippen molar-refractivity contribution in [3.05, 3.63) is 59.8 Å². The van der Waals surface area contributed by atoms with Crippen molar-refractivity contribution in [2.75, 3.05) is 35.8 Å². The third-order valence-electron chi connectivity index (χ3n) is 4.62. The first kappa shape index (κ1) is 21.9. The molecule has 1 aliphatic rings. The Labute approximate surface area is 180 Å². The van der Waals surface area contributed by atoms with Gasteiger partial charge in [-0.15, -0.1) is 0 Å². The van der Waals surface area contributed by atoms with Crippen molar-refractivity contribution in [3.63, 3.8) is 0 Å². The van der Waals surface area contributed by atoms with Crippen molar-refractivity contribution in [3.8, 4) is 5.75 Å². The first-order valence-electron chi connectivity index (χ1n) is 9.89. The van der Waals surface area contributed by atoms with Crippen LogP contribution in [0.5, 0.6) is 5.75 Å². The number of rotatable bonds is 7. The lowest BCUT2D eigenvalue weighted by Crippen LogP contribution is -2.37. The number of anilines is 3. The first-order chi connectivity index (χ1) is 14.9. The highest BCUT2D eigenvalue weighted by molar-refractivity contribution is 6.10. The molecule has 31 heavy (non-hydrogen) atoms. The lowest BCUT2D eigenvalue weighted by Gasteiger charge is -2.22. The number of ether oxygens (including phenoxy) is 2. The van der Waals surface area contributed by atoms with Gasteiger partial charge in [-0.2, -0.15) is 0 Å². The van der Waals surface area contributed by atoms with E-state index in [0.717, 1.165) is 5.56 Å². The number of carbonyl (C=O) groups excluding carboxylic acids is 3. The van der Waals surface area contributed by atoms with Crippen molar-refractivity contribution in [1.29, 1.82) is 0 Å². The molecule has 0 fully saturated rings. The molecular weight excluding hydrogens is 398 g/mol. The highest BCUT2D eigenvalue weighted by Gasteiger charge is 2.25. The van der Waals surface area contributed by atoms with Crippen molar-refractivity contribution < 1.29 is 23.9 Å². The van der Waals surface area contributed by atoms with Gasteiger partial charge in [0, 0.05) is 11.8 Å². The van der Waals surface area contributed by atoms with Crippen LogP contribution in [-0.2, 0) is 19.1 Å². The Balaban J connectivity index is 1.84. The maximum absolute atomic E-state index is 12.9. The molecule has 0 aromatic heterocycles. The van der Waals surface area contributed by atoms with Gasteiger partial charge in [-0.3, -0.25) is 19.3 Å². The fourth-order valence-corrected chi connectivity index (χ4v) is 3.25. The molecule has 8 nitrogen and oxygen atoms in total. The summed E-state index contributed by atoms with van der Waals surface area (Å²) in [6.45, 7) is 3.67. The predicted molar refractivity (Wildman–Crippen MR) is 118 cm³/mol. The molecule has 0 bridgehead atoms. The monoisotopic (exact) mass is 423 g/mol. The number of nitrogens with one attached hydrogen (secondary N) is 2. The molecule has 0 saturated heterocycles. The van der Waals surface area contributed by atoms with E-state index in [1.54, 1.807) is 43.3 Å². The molecule has 162 valence electrons. The normalized spacial score (nSPS) is 12.8. The molecule has 8 heteroatoms. The number of benzene rings is 2. The first-order valence-corrected chi connectivity index (χ1v) is 9.89. The summed E-state index contributed by atoms with van der Waals surface area (Å²) in [5.74, 6) is -0.707. The van der Waals surface area contributed by atoms with E-state index < -0.39 is 11.9 Å². The van der Waals surface area contributed by atoms with Crippen LogP contribution >= 0.6 is 0 Å². The summed E-state index contributed by atoms with van der Waals surface area (Å²) < 4.78 is 10.3. The van der Waals surface area contributed by atoms with Crippen molar-refractivity contribution in [1.82, 2.24) is 0 Å². The topological polar surface area (TPSA) is 97.0 Å². The lowest BCUT2D eigenvalue weighted by molar-refractivity contribution is -0.142. The van der Waals surface area contributed by atoms with Crippen molar-refractivity contribution in [2.45, 2.75) is 20.3 Å². The fraction of sp³-hybridized carbons (Fsp3) is 0.261. The van der Waals surface area contributed by atoms with E-state index >= 15 is 0 Å². The minimum atomic E-state index is -0.440. The molecule has 2 aromatic rings. The summed E-state index contributed by atoms with van der Waals surface area (Å²) in [4.78, 5) is 39.0. The molecule has 2 aromatic carbocycles. The number of nitrogens with zero attached hydrogens (tertiary/aromatic N) is 1. The Kier molecular flexibility index (Phi) is 6.92. The van der Waals surface area contributed by atoms with Crippen molar-refractivity contribution in [2.24, 2.45) is 0 Å². The molecule has 0 atom stereocenters. The Morgan fingerprint density at radius 2 is 1.94 bits per heavy atom. The van der Waals surface area contributed by atoms with Crippen LogP contribution in [0.1, 0.15) is 18.9 Å². The average Bonchev–Trinajstić information content (AvgIpc) is 2.84. The third kappa shape index (κ3) is 5.42. The number of hydrogen-bond donors (Lipinski definition) is 2. The van der Waals surface area contributed by atoms with E-state index in [-0.39, 0.29) is 25.5 Å². The smallest absolute Gasteiger partial charge is 0.311 e. The van der Waals surface area contributed by atoms with E-state index in [9.17, 15) is 14.4 Å². The lowest BCUT2D eigenvalue weighted by atomic mass is 10.2. The molecule has 0 unspecified atom stereocenters. The van der Waals surface area contributed by atoms with Crippen LogP contribution in [0.25, 0.3) is 0 Å². The average molecular weight is 423 g/mol. The quantitative estimate of drug-likeness (QED) is 0.664. The predicted octanol–water partition coefficient (Wildman–Crippen LogP) is 3.24. The maximum atomic E-state index is 12.9. The second-order valence-corrected chi connectivity index (χ2v) is 6.97. The zero-order valence-electron chi connectivity index (χ0n) is 17.7. The van der Waals surface area contributed by atoms with Crippen LogP contribution in [0, 0.1) is 6.92 Å². The summed E-state index contributed by atoms with van der Waals surface area (Å²) in [5, 5.41) is 5.91. The molecule has 1 aliphatic heterocycles. The van der Waals surface area contributed by atoms with Crippen LogP contribution in [-0.4, -0.2) is 38.0 Å². The standard InChI is InChI=1S/C23H25N3O5/c1-4-31-23(29)13-16-12-22(28)26(19-8-6-5-7-17(19)24-16)14-21(27)25-18-11-15(2)9-10-20(18)30-3/h5-12,24H,4,13-14H2,1-3H3,(H,25,27). The Bertz CT molecular complexity index is 1030. The molecule has 2 amide bonds. The summed E-state index contributed by atoms with van der Waals surface area (Å²) in [6, 6.07) is 12.5. The van der Waals surface area contributed by atoms with Gasteiger partial charge < -0.3 is 20.1 Å². The van der Waals surface area contributed by atoms with Crippen LogP contribution in [0.2, 0.25) is 0 Å². The molecule has 0 saturated carbocycles. The Hall–Kier alpha value is -3.81. The summed E-state index contributed by atoms with van der Waals surface area (Å²) in [7, 11) is 1.52. The van der Waals surface area contributed by atoms with Gasteiger partial charge >= 0.3 is 5.97 Å². The van der Waals surface area contributed by atoms with Crippen LogP contribution < -0.4 is 20.3 Å². The Morgan fingerprint density at radius 1 is 1.16 bits per heavy atom. The number of carbonyl (C=O) groups is 3. The number of amides is 2. The molecule has 0 spiro atoms. The van der Waals surface area contributed by atoms with Crippen LogP contribution in [0.15, 0.2) is 54.2 Å². The number of para-hydroxylation sites is 2. The summed E-state index contributed by atoms with van der Waals surface area (Å²) in [6.07, 6.45) is 1.24. The molecule has 1 heterocycles. The third-order valence-corrected chi connectivity index (χ3v) is 4.62. The van der Waals surface area contributed by atoms with E-state index in [4.69, 9.17) is 9.47 Å². The summed E-state index contributed by atoms with van der Waals surface area (Å²) in [5.41, 5.74) is 3.04. The van der Waals surface area contributed by atoms with Gasteiger partial charge in [-0.25, -0.2) is 0 Å². The van der Waals surface area contributed by atoms with Gasteiger partial charge in [0.15, 0.2) is 0 Å². The van der Waals surface area contributed by atoms with E-state index in [2.05, 4.69) is 10.6 Å². The summed E-state index contributed by atoms with van der Waals surface area (Å²) >= 11 is 0. The van der Waals surface area contributed by atoms with Crippen LogP contribution in [0.4, 0.5) is 17.1 Å². The molecular formula is C23H25N3O5. The van der Waals surface area contributed by atoms with Gasteiger partial charge in [-0.1, -0.05) is 18.2 Å². The molecule has 3 rings (SSSR count). The number of aryl methyl sites for hydroxylation is 1. The fourth-order valence-electron chi connectivity index (χ4n) is 3.25. The molecule has 0 aliphatic carbocycles. The molecule has 0 radical (unpaired) electrons. The second-order valence-electron chi connectivity index (χ2n) is 6.97. The minimum absolute atomic E-state index is 0.0750. The Morgan fingerprint density at radius 3 is 2.68 bits per heavy atom. The number of esters is 1.